The van der Waals surface area contributed by atoms with Crippen LogP contribution in [-0.4, -0.2) is 18.4 Å². The predicted molar refractivity (Wildman–Crippen MR) is 116 cm³/mol. The Bertz CT molecular complexity index is 1080. The first-order chi connectivity index (χ1) is 14.0. The molecule has 0 saturated carbocycles. The number of hydrogen-bond acceptors (Lipinski definition) is 2. The summed E-state index contributed by atoms with van der Waals surface area (Å²) in [5, 5.41) is 0. The summed E-state index contributed by atoms with van der Waals surface area (Å²) in [5.74, 6) is -0.182. The van der Waals surface area contributed by atoms with Gasteiger partial charge < -0.3 is 4.90 Å². The number of anilines is 2. The maximum absolute atomic E-state index is 13.7. The van der Waals surface area contributed by atoms with Gasteiger partial charge in [-0.1, -0.05) is 66.2 Å². The van der Waals surface area contributed by atoms with Crippen LogP contribution >= 0.6 is 0 Å². The molecule has 1 atom stereocenters. The quantitative estimate of drug-likeness (QED) is 0.655. The highest BCUT2D eigenvalue weighted by Gasteiger charge is 2.42. The van der Waals surface area contributed by atoms with Crippen LogP contribution in [0.25, 0.3) is 0 Å². The number of carbonyl (C=O) groups is 2. The highest BCUT2D eigenvalue weighted by atomic mass is 16.2. The standard InChI is InChI=1S/C25H24N2O2/c1-17-13-14-22(19(3)15-17)27-23(28)16-26(21-12-8-7-9-18(21)2)25(29)24(27)20-10-5-4-6-11-20/h4-15,24H,16H2,1-3H3. The van der Waals surface area contributed by atoms with Gasteiger partial charge in [0.25, 0.3) is 5.91 Å². The van der Waals surface area contributed by atoms with Crippen LogP contribution in [0.2, 0.25) is 0 Å². The smallest absolute Gasteiger partial charge is 0.255 e. The molecule has 2 amide bonds. The molecule has 1 fully saturated rings. The highest BCUT2D eigenvalue weighted by Crippen LogP contribution is 2.36. The van der Waals surface area contributed by atoms with Crippen LogP contribution in [-0.2, 0) is 9.59 Å². The average Bonchev–Trinajstić information content (AvgIpc) is 2.71. The minimum Gasteiger partial charge on any atom is -0.301 e. The fourth-order valence-corrected chi connectivity index (χ4v) is 4.04. The second kappa shape index (κ2) is 7.55. The van der Waals surface area contributed by atoms with E-state index in [1.54, 1.807) is 9.80 Å². The number of amides is 2. The number of rotatable bonds is 3. The molecular formula is C25H24N2O2. The van der Waals surface area contributed by atoms with Crippen molar-refractivity contribution in [2.75, 3.05) is 16.3 Å². The SMILES string of the molecule is Cc1ccc(N2C(=O)CN(c3ccccc3C)C(=O)C2c2ccccc2)c(C)c1. The van der Waals surface area contributed by atoms with E-state index in [1.807, 2.05) is 93.6 Å². The number of para-hydroxylation sites is 1. The fourth-order valence-electron chi connectivity index (χ4n) is 4.04. The molecule has 0 spiro atoms. The molecule has 0 radical (unpaired) electrons. The first-order valence-corrected chi connectivity index (χ1v) is 9.78. The average molecular weight is 384 g/mol. The van der Waals surface area contributed by atoms with Gasteiger partial charge in [-0.3, -0.25) is 14.5 Å². The van der Waals surface area contributed by atoms with Crippen LogP contribution in [0.15, 0.2) is 72.8 Å². The third kappa shape index (κ3) is 3.42. The highest BCUT2D eigenvalue weighted by molar-refractivity contribution is 6.15. The van der Waals surface area contributed by atoms with Crippen molar-refractivity contribution in [3.63, 3.8) is 0 Å². The van der Waals surface area contributed by atoms with Crippen LogP contribution < -0.4 is 9.80 Å². The first kappa shape index (κ1) is 18.9. The molecule has 4 nitrogen and oxygen atoms in total. The van der Waals surface area contributed by atoms with Gasteiger partial charge in [0.15, 0.2) is 0 Å². The minimum atomic E-state index is -0.696. The van der Waals surface area contributed by atoms with Gasteiger partial charge in [-0.05, 0) is 49.6 Å². The summed E-state index contributed by atoms with van der Waals surface area (Å²) < 4.78 is 0. The van der Waals surface area contributed by atoms with E-state index in [9.17, 15) is 9.59 Å². The molecule has 4 heteroatoms. The van der Waals surface area contributed by atoms with Crippen molar-refractivity contribution >= 4 is 23.2 Å². The van der Waals surface area contributed by atoms with Gasteiger partial charge in [0.2, 0.25) is 5.91 Å². The lowest BCUT2D eigenvalue weighted by atomic mass is 9.97. The number of hydrogen-bond donors (Lipinski definition) is 0. The summed E-state index contributed by atoms with van der Waals surface area (Å²) in [4.78, 5) is 30.4. The number of aryl methyl sites for hydroxylation is 3. The molecule has 0 aromatic heterocycles. The molecule has 0 bridgehead atoms. The zero-order valence-electron chi connectivity index (χ0n) is 16.9. The van der Waals surface area contributed by atoms with Crippen LogP contribution in [0.1, 0.15) is 28.3 Å². The molecule has 1 saturated heterocycles. The summed E-state index contributed by atoms with van der Waals surface area (Å²) in [6.45, 7) is 5.99. The van der Waals surface area contributed by atoms with Gasteiger partial charge in [-0.2, -0.15) is 0 Å². The normalized spacial score (nSPS) is 17.0. The molecule has 4 rings (SSSR count). The van der Waals surface area contributed by atoms with E-state index in [0.717, 1.165) is 33.6 Å². The van der Waals surface area contributed by atoms with Crippen molar-refractivity contribution in [1.82, 2.24) is 0 Å². The van der Waals surface area contributed by atoms with Crippen molar-refractivity contribution in [2.24, 2.45) is 0 Å². The Morgan fingerprint density at radius 1 is 0.759 bits per heavy atom. The summed E-state index contributed by atoms with van der Waals surface area (Å²) >= 11 is 0. The topological polar surface area (TPSA) is 40.6 Å². The first-order valence-electron chi connectivity index (χ1n) is 9.78. The Morgan fingerprint density at radius 3 is 2.14 bits per heavy atom. The van der Waals surface area contributed by atoms with E-state index in [2.05, 4.69) is 0 Å². The van der Waals surface area contributed by atoms with E-state index in [4.69, 9.17) is 0 Å². The molecule has 1 heterocycles. The number of nitrogens with zero attached hydrogens (tertiary/aromatic N) is 2. The fraction of sp³-hybridized carbons (Fsp3) is 0.200. The summed E-state index contributed by atoms with van der Waals surface area (Å²) in [7, 11) is 0. The number of benzene rings is 3. The summed E-state index contributed by atoms with van der Waals surface area (Å²) in [5.41, 5.74) is 5.46. The van der Waals surface area contributed by atoms with Gasteiger partial charge in [0, 0.05) is 11.4 Å². The molecule has 3 aromatic rings. The molecule has 3 aromatic carbocycles. The third-order valence-corrected chi connectivity index (χ3v) is 5.45. The van der Waals surface area contributed by atoms with Crippen molar-refractivity contribution in [3.05, 3.63) is 95.1 Å². The van der Waals surface area contributed by atoms with Crippen LogP contribution in [0.3, 0.4) is 0 Å². The van der Waals surface area contributed by atoms with Gasteiger partial charge in [0.1, 0.15) is 12.6 Å². The lowest BCUT2D eigenvalue weighted by Gasteiger charge is -2.41. The molecule has 1 unspecified atom stereocenters. The van der Waals surface area contributed by atoms with Gasteiger partial charge in [-0.15, -0.1) is 0 Å². The Hall–Kier alpha value is -3.40. The molecular weight excluding hydrogens is 360 g/mol. The number of carbonyl (C=O) groups excluding carboxylic acids is 2. The van der Waals surface area contributed by atoms with Crippen LogP contribution in [0, 0.1) is 20.8 Å². The van der Waals surface area contributed by atoms with Crippen LogP contribution in [0.4, 0.5) is 11.4 Å². The van der Waals surface area contributed by atoms with E-state index >= 15 is 0 Å². The third-order valence-electron chi connectivity index (χ3n) is 5.45. The minimum absolute atomic E-state index is 0.0281. The van der Waals surface area contributed by atoms with Crippen molar-refractivity contribution in [2.45, 2.75) is 26.8 Å². The van der Waals surface area contributed by atoms with E-state index in [-0.39, 0.29) is 18.4 Å². The lowest BCUT2D eigenvalue weighted by Crippen LogP contribution is -2.56. The van der Waals surface area contributed by atoms with E-state index in [1.165, 1.54) is 0 Å². The summed E-state index contributed by atoms with van der Waals surface area (Å²) in [6, 6.07) is 22.5. The molecule has 0 aliphatic carbocycles. The zero-order valence-corrected chi connectivity index (χ0v) is 16.9. The van der Waals surface area contributed by atoms with Gasteiger partial charge in [-0.25, -0.2) is 0 Å². The molecule has 29 heavy (non-hydrogen) atoms. The second-order valence-electron chi connectivity index (χ2n) is 7.58. The Labute approximate surface area is 171 Å². The van der Waals surface area contributed by atoms with Crippen molar-refractivity contribution < 1.29 is 9.59 Å². The van der Waals surface area contributed by atoms with E-state index in [0.29, 0.717) is 0 Å². The Kier molecular flexibility index (Phi) is 4.93. The Morgan fingerprint density at radius 2 is 1.45 bits per heavy atom. The molecule has 1 aliphatic heterocycles. The van der Waals surface area contributed by atoms with Gasteiger partial charge in [0.05, 0.1) is 0 Å². The number of piperazine rings is 1. The molecule has 0 N–H and O–H groups in total. The lowest BCUT2D eigenvalue weighted by molar-refractivity contribution is -0.128. The second-order valence-corrected chi connectivity index (χ2v) is 7.58. The van der Waals surface area contributed by atoms with E-state index < -0.39 is 6.04 Å². The van der Waals surface area contributed by atoms with Crippen molar-refractivity contribution in [3.8, 4) is 0 Å². The van der Waals surface area contributed by atoms with Crippen LogP contribution in [0.5, 0.6) is 0 Å². The monoisotopic (exact) mass is 384 g/mol. The maximum atomic E-state index is 13.7. The zero-order chi connectivity index (χ0) is 20.5. The molecule has 1 aliphatic rings. The molecule has 146 valence electrons. The van der Waals surface area contributed by atoms with Gasteiger partial charge >= 0.3 is 0 Å². The maximum Gasteiger partial charge on any atom is 0.255 e. The summed E-state index contributed by atoms with van der Waals surface area (Å²) in [6.07, 6.45) is 0. The predicted octanol–water partition coefficient (Wildman–Crippen LogP) is 4.73. The van der Waals surface area contributed by atoms with Crippen molar-refractivity contribution in [1.29, 1.82) is 0 Å². The Balaban J connectivity index is 1.85. The largest absolute Gasteiger partial charge is 0.301 e.